The molecule has 4 rings (SSSR count). The first kappa shape index (κ1) is 28.2. The molecule has 3 fully saturated rings. The molecule has 3 heterocycles. The molecule has 0 radical (unpaired) electrons. The van der Waals surface area contributed by atoms with Crippen molar-refractivity contribution >= 4 is 35.2 Å². The molecule has 1 aromatic carbocycles. The van der Waals surface area contributed by atoms with Gasteiger partial charge in [0.05, 0.1) is 30.3 Å². The van der Waals surface area contributed by atoms with Crippen LogP contribution >= 0.6 is 11.8 Å². The molecular formula is C29H38N2O6S. The lowest BCUT2D eigenvalue weighted by molar-refractivity contribution is -0.155. The summed E-state index contributed by atoms with van der Waals surface area (Å²) >= 11 is 1.62. The molecule has 1 aromatic rings. The monoisotopic (exact) mass is 542 g/mol. The van der Waals surface area contributed by atoms with Gasteiger partial charge in [-0.2, -0.15) is 0 Å². The van der Waals surface area contributed by atoms with Crippen LogP contribution in [0.4, 0.5) is 5.69 Å². The Kier molecular flexibility index (Phi) is 8.57. The molecule has 2 bridgehead atoms. The lowest BCUT2D eigenvalue weighted by atomic mass is 9.66. The lowest BCUT2D eigenvalue weighted by Gasteiger charge is -2.37. The van der Waals surface area contributed by atoms with E-state index in [2.05, 4.69) is 13.2 Å². The third-order valence-corrected chi connectivity index (χ3v) is 10.1. The minimum absolute atomic E-state index is 0.00866. The molecule has 0 aliphatic carbocycles. The van der Waals surface area contributed by atoms with Gasteiger partial charge in [0.25, 0.3) is 5.91 Å². The van der Waals surface area contributed by atoms with E-state index in [1.165, 1.54) is 0 Å². The molecule has 5 atom stereocenters. The predicted molar refractivity (Wildman–Crippen MR) is 148 cm³/mol. The summed E-state index contributed by atoms with van der Waals surface area (Å²) in [4.78, 5) is 45.2. The minimum Gasteiger partial charge on any atom is -0.497 e. The molecule has 3 aliphatic rings. The van der Waals surface area contributed by atoms with Crippen molar-refractivity contribution in [3.05, 3.63) is 49.6 Å². The van der Waals surface area contributed by atoms with Crippen LogP contribution in [0.25, 0.3) is 0 Å². The van der Waals surface area contributed by atoms with E-state index in [0.29, 0.717) is 43.7 Å². The summed E-state index contributed by atoms with van der Waals surface area (Å²) < 4.78 is 9.67. The first-order chi connectivity index (χ1) is 18.3. The lowest BCUT2D eigenvalue weighted by Crippen LogP contribution is -2.55. The Balaban J connectivity index is 1.73. The molecule has 8 nitrogen and oxygen atoms in total. The number of benzene rings is 1. The molecule has 206 valence electrons. The number of thioether (sulfide) groups is 1. The number of rotatable bonds is 13. The third kappa shape index (κ3) is 4.75. The number of ether oxygens (including phenoxy) is 2. The van der Waals surface area contributed by atoms with Gasteiger partial charge in [0.2, 0.25) is 5.91 Å². The topological polar surface area (TPSA) is 96.4 Å². The van der Waals surface area contributed by atoms with Crippen molar-refractivity contribution in [1.29, 1.82) is 0 Å². The highest BCUT2D eigenvalue weighted by molar-refractivity contribution is 8.02. The van der Waals surface area contributed by atoms with E-state index in [4.69, 9.17) is 9.47 Å². The van der Waals surface area contributed by atoms with Crippen molar-refractivity contribution in [1.82, 2.24) is 4.90 Å². The van der Waals surface area contributed by atoms with Gasteiger partial charge in [0, 0.05) is 30.1 Å². The van der Waals surface area contributed by atoms with Gasteiger partial charge in [0.15, 0.2) is 0 Å². The largest absolute Gasteiger partial charge is 0.497 e. The normalized spacial score (nSPS) is 29.2. The second-order valence-corrected chi connectivity index (χ2v) is 12.3. The van der Waals surface area contributed by atoms with Gasteiger partial charge in [-0.25, -0.2) is 0 Å². The third-order valence-electron chi connectivity index (χ3n) is 8.10. The van der Waals surface area contributed by atoms with Gasteiger partial charge < -0.3 is 24.4 Å². The van der Waals surface area contributed by atoms with E-state index >= 15 is 0 Å². The number of methoxy groups -OCH3 is 1. The molecule has 9 heteroatoms. The zero-order valence-corrected chi connectivity index (χ0v) is 23.1. The molecule has 1 spiro atoms. The summed E-state index contributed by atoms with van der Waals surface area (Å²) in [6, 6.07) is 6.50. The quantitative estimate of drug-likeness (QED) is 0.231. The maximum absolute atomic E-state index is 14.5. The number of esters is 1. The summed E-state index contributed by atoms with van der Waals surface area (Å²) in [6.45, 7) is 10.4. The van der Waals surface area contributed by atoms with E-state index in [1.807, 2.05) is 19.1 Å². The number of hydrogen-bond acceptors (Lipinski definition) is 7. The fourth-order valence-electron chi connectivity index (χ4n) is 6.39. The van der Waals surface area contributed by atoms with E-state index < -0.39 is 27.4 Å². The van der Waals surface area contributed by atoms with Gasteiger partial charge in [-0.05, 0) is 63.3 Å². The van der Waals surface area contributed by atoms with Crippen molar-refractivity contribution in [2.75, 3.05) is 38.3 Å². The minimum atomic E-state index is -0.737. The van der Waals surface area contributed by atoms with Gasteiger partial charge in [-0.1, -0.05) is 12.2 Å². The number of fused-ring (bicyclic) bond motifs is 1. The summed E-state index contributed by atoms with van der Waals surface area (Å²) in [6.07, 6.45) is 6.38. The number of carbonyl (C=O) groups is 3. The molecule has 38 heavy (non-hydrogen) atoms. The van der Waals surface area contributed by atoms with Crippen LogP contribution < -0.4 is 9.64 Å². The molecule has 2 unspecified atom stereocenters. The molecular weight excluding hydrogens is 504 g/mol. The molecule has 2 amide bonds. The van der Waals surface area contributed by atoms with Crippen molar-refractivity contribution in [3.63, 3.8) is 0 Å². The number of likely N-dealkylation sites (tertiary alicyclic amines) is 1. The highest BCUT2D eigenvalue weighted by Crippen LogP contribution is 2.71. The highest BCUT2D eigenvalue weighted by atomic mass is 32.2. The summed E-state index contributed by atoms with van der Waals surface area (Å²) in [7, 11) is 1.59. The van der Waals surface area contributed by atoms with E-state index in [-0.39, 0.29) is 37.5 Å². The molecule has 0 aromatic heterocycles. The van der Waals surface area contributed by atoms with Crippen LogP contribution in [-0.4, -0.2) is 76.7 Å². The fourth-order valence-corrected chi connectivity index (χ4v) is 8.73. The van der Waals surface area contributed by atoms with Gasteiger partial charge in [0.1, 0.15) is 11.8 Å². The summed E-state index contributed by atoms with van der Waals surface area (Å²) in [5.74, 6) is -1.31. The van der Waals surface area contributed by atoms with Gasteiger partial charge in [-0.3, -0.25) is 14.4 Å². The number of aliphatic hydroxyl groups is 1. The van der Waals surface area contributed by atoms with Gasteiger partial charge in [-0.15, -0.1) is 24.9 Å². The van der Waals surface area contributed by atoms with Crippen LogP contribution in [0.5, 0.6) is 5.75 Å². The maximum atomic E-state index is 14.5. The van der Waals surface area contributed by atoms with Crippen molar-refractivity contribution in [3.8, 4) is 5.75 Å². The first-order valence-electron chi connectivity index (χ1n) is 13.2. The molecule has 3 aliphatic heterocycles. The van der Waals surface area contributed by atoms with Crippen LogP contribution in [0.3, 0.4) is 0 Å². The fraction of sp³-hybridized carbons (Fsp3) is 0.552. The first-order valence-corrected chi connectivity index (χ1v) is 14.0. The van der Waals surface area contributed by atoms with Crippen LogP contribution in [0.1, 0.15) is 39.0 Å². The van der Waals surface area contributed by atoms with Crippen molar-refractivity contribution < 1.29 is 29.0 Å². The number of amides is 2. The zero-order valence-electron chi connectivity index (χ0n) is 22.3. The number of hydrogen-bond donors (Lipinski definition) is 1. The molecule has 0 saturated carbocycles. The van der Waals surface area contributed by atoms with Crippen LogP contribution in [0.15, 0.2) is 49.6 Å². The Hall–Kier alpha value is -2.78. The number of aliphatic hydroxyl groups excluding tert-OH is 1. The van der Waals surface area contributed by atoms with E-state index in [9.17, 15) is 19.5 Å². The number of anilines is 1. The molecule has 3 saturated heterocycles. The summed E-state index contributed by atoms with van der Waals surface area (Å²) in [5, 5.41) is 9.37. The Morgan fingerprint density at radius 2 is 1.95 bits per heavy atom. The van der Waals surface area contributed by atoms with Crippen LogP contribution in [0.2, 0.25) is 0 Å². The smallest absolute Gasteiger partial charge is 0.311 e. The average Bonchev–Trinajstić information content (AvgIpc) is 3.48. The van der Waals surface area contributed by atoms with E-state index in [0.717, 1.165) is 6.42 Å². The Bertz CT molecular complexity index is 1080. The van der Waals surface area contributed by atoms with Crippen molar-refractivity contribution in [2.45, 2.75) is 54.6 Å². The number of unbranched alkanes of at least 4 members (excludes halogenated alkanes) is 1. The van der Waals surface area contributed by atoms with Crippen LogP contribution in [-0.2, 0) is 19.1 Å². The Labute approximate surface area is 229 Å². The standard InChI is InChI=1S/C29H38N2O6S/c1-5-7-19-37-27(35)23-22-25(33)31(17-8-9-18-32)24(29(22)15-14-28(23,3)38-29)26(34)30(16-6-2)20-10-12-21(36-4)13-11-20/h5-6,10-13,22-24,32H,1-2,7-9,14-19H2,3-4H3/t22-,23-,24?,28+,29?/m0/s1. The Morgan fingerprint density at radius 1 is 1.21 bits per heavy atom. The van der Waals surface area contributed by atoms with Crippen molar-refractivity contribution in [2.24, 2.45) is 11.8 Å². The maximum Gasteiger partial charge on any atom is 0.311 e. The molecule has 1 N–H and O–H groups in total. The summed E-state index contributed by atoms with van der Waals surface area (Å²) in [5.41, 5.74) is 0.683. The average molecular weight is 543 g/mol. The highest BCUT2D eigenvalue weighted by Gasteiger charge is 2.77. The predicted octanol–water partition coefficient (Wildman–Crippen LogP) is 3.59. The SMILES string of the molecule is C=CCCOC(=O)[C@@H]1[C@H]2C(=O)N(CCCCO)C(C(=O)N(CC=C)c3ccc(OC)cc3)C23CC[C@@]1(C)S3. The van der Waals surface area contributed by atoms with Crippen LogP contribution in [0, 0.1) is 11.8 Å². The number of nitrogens with zero attached hydrogens (tertiary/aromatic N) is 2. The second-order valence-electron chi connectivity index (χ2n) is 10.4. The van der Waals surface area contributed by atoms with Gasteiger partial charge >= 0.3 is 5.97 Å². The number of carbonyl (C=O) groups excluding carboxylic acids is 3. The zero-order chi connectivity index (χ0) is 27.5. The van der Waals surface area contributed by atoms with E-state index in [1.54, 1.807) is 53.0 Å². The second kappa shape index (κ2) is 11.5. The Morgan fingerprint density at radius 3 is 2.58 bits per heavy atom.